The zero-order valence-corrected chi connectivity index (χ0v) is 9.58. The van der Waals surface area contributed by atoms with Gasteiger partial charge in [0.25, 0.3) is 0 Å². The molecule has 0 unspecified atom stereocenters. The molecule has 1 saturated heterocycles. The van der Waals surface area contributed by atoms with Gasteiger partial charge in [0.2, 0.25) is 0 Å². The molecule has 0 saturated carbocycles. The van der Waals surface area contributed by atoms with E-state index in [9.17, 15) is 0 Å². The minimum atomic E-state index is 0.712. The van der Waals surface area contributed by atoms with Gasteiger partial charge in [-0.1, -0.05) is 6.07 Å². The van der Waals surface area contributed by atoms with Gasteiger partial charge >= 0.3 is 0 Å². The lowest BCUT2D eigenvalue weighted by molar-refractivity contribution is 0.435. The summed E-state index contributed by atoms with van der Waals surface area (Å²) >= 11 is 0. The first-order valence-electron chi connectivity index (χ1n) is 6.20. The lowest BCUT2D eigenvalue weighted by Crippen LogP contribution is -2.42. The van der Waals surface area contributed by atoms with Crippen LogP contribution >= 0.6 is 0 Å². The Morgan fingerprint density at radius 2 is 2.06 bits per heavy atom. The molecular formula is C13H19N3. The number of hydrogen-bond donors (Lipinski definition) is 2. The average Bonchev–Trinajstić information content (AvgIpc) is 2.73. The molecular weight excluding hydrogens is 198 g/mol. The predicted octanol–water partition coefficient (Wildman–Crippen LogP) is 1.38. The fourth-order valence-electron chi connectivity index (χ4n) is 2.92. The Morgan fingerprint density at radius 3 is 2.88 bits per heavy atom. The Kier molecular flexibility index (Phi) is 2.48. The molecule has 2 aliphatic rings. The second kappa shape index (κ2) is 3.98. The molecule has 3 rings (SSSR count). The van der Waals surface area contributed by atoms with Gasteiger partial charge < -0.3 is 16.0 Å². The number of nitrogens with one attached hydrogen (secondary N) is 1. The molecule has 0 amide bonds. The standard InChI is InChI=1S/C13H19N3/c14-11-2-1-10-5-8-16(13(10)9-11)12-3-6-15-7-4-12/h1-2,9,12,15H,3-8,14H2. The van der Waals surface area contributed by atoms with Crippen LogP contribution in [-0.4, -0.2) is 25.7 Å². The van der Waals surface area contributed by atoms with Crippen molar-refractivity contribution in [3.05, 3.63) is 23.8 Å². The van der Waals surface area contributed by atoms with E-state index in [1.165, 1.54) is 37.1 Å². The first-order valence-corrected chi connectivity index (χ1v) is 6.20. The van der Waals surface area contributed by atoms with Crippen LogP contribution < -0.4 is 16.0 Å². The molecule has 3 heteroatoms. The molecule has 0 atom stereocenters. The summed E-state index contributed by atoms with van der Waals surface area (Å²) in [6, 6.07) is 7.06. The fourth-order valence-corrected chi connectivity index (χ4v) is 2.92. The van der Waals surface area contributed by atoms with E-state index in [4.69, 9.17) is 5.73 Å². The third kappa shape index (κ3) is 1.65. The van der Waals surface area contributed by atoms with Gasteiger partial charge in [0.15, 0.2) is 0 Å². The number of nitrogen functional groups attached to an aromatic ring is 1. The highest BCUT2D eigenvalue weighted by Crippen LogP contribution is 2.33. The number of anilines is 2. The van der Waals surface area contributed by atoms with Crippen LogP contribution in [0.15, 0.2) is 18.2 Å². The van der Waals surface area contributed by atoms with Crippen LogP contribution in [0.25, 0.3) is 0 Å². The largest absolute Gasteiger partial charge is 0.399 e. The summed E-state index contributed by atoms with van der Waals surface area (Å²) in [5.41, 5.74) is 9.62. The monoisotopic (exact) mass is 217 g/mol. The van der Waals surface area contributed by atoms with Gasteiger partial charge in [-0.25, -0.2) is 0 Å². The number of hydrogen-bond acceptors (Lipinski definition) is 3. The van der Waals surface area contributed by atoms with Crippen LogP contribution in [0.4, 0.5) is 11.4 Å². The summed E-state index contributed by atoms with van der Waals surface area (Å²) in [5.74, 6) is 0. The summed E-state index contributed by atoms with van der Waals surface area (Å²) < 4.78 is 0. The Labute approximate surface area is 96.6 Å². The normalized spacial score (nSPS) is 21.1. The van der Waals surface area contributed by atoms with E-state index in [-0.39, 0.29) is 0 Å². The van der Waals surface area contributed by atoms with Crippen molar-refractivity contribution in [2.75, 3.05) is 30.3 Å². The Morgan fingerprint density at radius 1 is 1.25 bits per heavy atom. The summed E-state index contributed by atoms with van der Waals surface area (Å²) in [7, 11) is 0. The quantitative estimate of drug-likeness (QED) is 0.698. The molecule has 0 spiro atoms. The van der Waals surface area contributed by atoms with Gasteiger partial charge in [-0.2, -0.15) is 0 Å². The van der Waals surface area contributed by atoms with Crippen molar-refractivity contribution in [2.24, 2.45) is 0 Å². The second-order valence-corrected chi connectivity index (χ2v) is 4.81. The molecule has 16 heavy (non-hydrogen) atoms. The molecule has 2 aliphatic heterocycles. The number of piperidine rings is 1. The minimum absolute atomic E-state index is 0.712. The van der Waals surface area contributed by atoms with E-state index in [0.29, 0.717) is 6.04 Å². The van der Waals surface area contributed by atoms with Crippen molar-refractivity contribution < 1.29 is 0 Å². The maximum atomic E-state index is 5.88. The van der Waals surface area contributed by atoms with Crippen LogP contribution in [0, 0.1) is 0 Å². The van der Waals surface area contributed by atoms with E-state index in [0.717, 1.165) is 18.8 Å². The van der Waals surface area contributed by atoms with Crippen molar-refractivity contribution in [1.29, 1.82) is 0 Å². The third-order valence-corrected chi connectivity index (χ3v) is 3.79. The van der Waals surface area contributed by atoms with Crippen molar-refractivity contribution in [2.45, 2.75) is 25.3 Å². The molecule has 0 radical (unpaired) electrons. The number of nitrogens with two attached hydrogens (primary N) is 1. The first-order chi connectivity index (χ1) is 7.84. The molecule has 86 valence electrons. The van der Waals surface area contributed by atoms with Gasteiger partial charge in [0, 0.05) is 24.0 Å². The van der Waals surface area contributed by atoms with Gasteiger partial charge in [-0.3, -0.25) is 0 Å². The van der Waals surface area contributed by atoms with Crippen molar-refractivity contribution in [3.8, 4) is 0 Å². The average molecular weight is 217 g/mol. The Hall–Kier alpha value is -1.22. The van der Waals surface area contributed by atoms with Crippen LogP contribution in [0.3, 0.4) is 0 Å². The van der Waals surface area contributed by atoms with Crippen molar-refractivity contribution in [3.63, 3.8) is 0 Å². The van der Waals surface area contributed by atoms with E-state index < -0.39 is 0 Å². The second-order valence-electron chi connectivity index (χ2n) is 4.81. The van der Waals surface area contributed by atoms with Crippen LogP contribution in [0.5, 0.6) is 0 Å². The van der Waals surface area contributed by atoms with Crippen LogP contribution in [0.2, 0.25) is 0 Å². The van der Waals surface area contributed by atoms with Crippen LogP contribution in [0.1, 0.15) is 18.4 Å². The molecule has 2 heterocycles. The minimum Gasteiger partial charge on any atom is -0.399 e. The van der Waals surface area contributed by atoms with E-state index in [2.05, 4.69) is 22.3 Å². The molecule has 0 aliphatic carbocycles. The lowest BCUT2D eigenvalue weighted by atomic mass is 10.0. The summed E-state index contributed by atoms with van der Waals surface area (Å²) in [6.45, 7) is 3.47. The molecule has 0 aromatic heterocycles. The Bertz CT molecular complexity index is 383. The van der Waals surface area contributed by atoms with E-state index in [1.54, 1.807) is 0 Å². The van der Waals surface area contributed by atoms with Gasteiger partial charge in [0.1, 0.15) is 0 Å². The van der Waals surface area contributed by atoms with Gasteiger partial charge in [0.05, 0.1) is 0 Å². The summed E-state index contributed by atoms with van der Waals surface area (Å²) in [6.07, 6.45) is 3.70. The van der Waals surface area contributed by atoms with E-state index >= 15 is 0 Å². The molecule has 0 bridgehead atoms. The van der Waals surface area contributed by atoms with Crippen molar-refractivity contribution >= 4 is 11.4 Å². The predicted molar refractivity (Wildman–Crippen MR) is 67.8 cm³/mol. The lowest BCUT2D eigenvalue weighted by Gasteiger charge is -2.33. The topological polar surface area (TPSA) is 41.3 Å². The third-order valence-electron chi connectivity index (χ3n) is 3.79. The highest BCUT2D eigenvalue weighted by Gasteiger charge is 2.26. The molecule has 3 N–H and O–H groups in total. The number of fused-ring (bicyclic) bond motifs is 1. The summed E-state index contributed by atoms with van der Waals surface area (Å²) in [4.78, 5) is 2.56. The van der Waals surface area contributed by atoms with Gasteiger partial charge in [-0.05, 0) is 50.0 Å². The number of nitrogens with zero attached hydrogens (tertiary/aromatic N) is 1. The van der Waals surface area contributed by atoms with Crippen molar-refractivity contribution in [1.82, 2.24) is 5.32 Å². The number of benzene rings is 1. The molecule has 1 fully saturated rings. The maximum Gasteiger partial charge on any atom is 0.0422 e. The Balaban J connectivity index is 1.86. The molecule has 1 aromatic rings. The highest BCUT2D eigenvalue weighted by molar-refractivity contribution is 5.64. The highest BCUT2D eigenvalue weighted by atomic mass is 15.2. The number of rotatable bonds is 1. The molecule has 1 aromatic carbocycles. The fraction of sp³-hybridized carbons (Fsp3) is 0.538. The smallest absolute Gasteiger partial charge is 0.0422 e. The zero-order valence-electron chi connectivity index (χ0n) is 9.58. The van der Waals surface area contributed by atoms with E-state index in [1.807, 2.05) is 6.07 Å². The SMILES string of the molecule is Nc1ccc2c(c1)N(C1CCNCC1)CC2. The zero-order chi connectivity index (χ0) is 11.0. The maximum absolute atomic E-state index is 5.88. The summed E-state index contributed by atoms with van der Waals surface area (Å²) in [5, 5.41) is 3.42. The van der Waals surface area contributed by atoms with Gasteiger partial charge in [-0.15, -0.1) is 0 Å². The first kappa shape index (κ1) is 9.97. The van der Waals surface area contributed by atoms with Crippen LogP contribution in [-0.2, 0) is 6.42 Å². The molecule has 3 nitrogen and oxygen atoms in total.